The van der Waals surface area contributed by atoms with Gasteiger partial charge in [-0.15, -0.1) is 0 Å². The number of anilines is 1. The van der Waals surface area contributed by atoms with E-state index in [9.17, 15) is 18.6 Å². The molecule has 3 aromatic rings. The number of benzene rings is 2. The fourth-order valence-corrected chi connectivity index (χ4v) is 4.06. The van der Waals surface area contributed by atoms with Gasteiger partial charge in [-0.3, -0.25) is 4.72 Å². The van der Waals surface area contributed by atoms with Crippen LogP contribution in [0.5, 0.6) is 11.5 Å². The van der Waals surface area contributed by atoms with Crippen LogP contribution in [0.25, 0.3) is 11.4 Å². The zero-order valence-electron chi connectivity index (χ0n) is 20.6. The third kappa shape index (κ3) is 7.41. The molecule has 0 bridgehead atoms. The number of nitrogens with one attached hydrogen (secondary N) is 2. The van der Waals surface area contributed by atoms with Crippen molar-refractivity contribution >= 4 is 15.7 Å². The molecule has 190 valence electrons. The number of aliphatic hydroxyl groups excluding tert-OH is 1. The molecule has 1 unspecified atom stereocenters. The van der Waals surface area contributed by atoms with Crippen molar-refractivity contribution in [1.82, 2.24) is 20.1 Å². The van der Waals surface area contributed by atoms with Gasteiger partial charge in [0.05, 0.1) is 25.2 Å². The topological polar surface area (TPSA) is 139 Å². The van der Waals surface area contributed by atoms with E-state index in [-0.39, 0.29) is 23.5 Å². The zero-order valence-corrected chi connectivity index (χ0v) is 21.4. The number of β-amino-alcohol motifs (C(OH)–C–C–N with tert-alkyl or cyclic N) is 1. The van der Waals surface area contributed by atoms with Gasteiger partial charge in [0.2, 0.25) is 10.0 Å². The highest BCUT2D eigenvalue weighted by atomic mass is 32.2. The summed E-state index contributed by atoms with van der Waals surface area (Å²) in [6, 6.07) is 11.9. The van der Waals surface area contributed by atoms with Gasteiger partial charge in [-0.25, -0.2) is 18.1 Å². The predicted octanol–water partition coefficient (Wildman–Crippen LogP) is 2.83. The maximum absolute atomic E-state index is 11.5. The number of aromatic nitrogens is 3. The van der Waals surface area contributed by atoms with E-state index in [1.807, 2.05) is 49.7 Å². The molecule has 0 aliphatic heterocycles. The molecule has 0 radical (unpaired) electrons. The molecule has 1 atom stereocenters. The molecule has 0 amide bonds. The Balaban J connectivity index is 1.59. The summed E-state index contributed by atoms with van der Waals surface area (Å²) >= 11 is 0. The normalized spacial score (nSPS) is 13.0. The van der Waals surface area contributed by atoms with Gasteiger partial charge < -0.3 is 20.3 Å². The smallest absolute Gasteiger partial charge is 0.229 e. The molecular formula is C24H33N5O5S. The second kappa shape index (κ2) is 10.6. The summed E-state index contributed by atoms with van der Waals surface area (Å²) in [5, 5.41) is 28.5. The highest BCUT2D eigenvalue weighted by Gasteiger charge is 2.21. The molecule has 0 saturated carbocycles. The van der Waals surface area contributed by atoms with Gasteiger partial charge >= 0.3 is 0 Å². The molecule has 0 spiro atoms. The van der Waals surface area contributed by atoms with Crippen LogP contribution in [0, 0.1) is 6.92 Å². The van der Waals surface area contributed by atoms with Crippen LogP contribution >= 0.6 is 0 Å². The Hall–Kier alpha value is -3.15. The predicted molar refractivity (Wildman–Crippen MR) is 135 cm³/mol. The minimum atomic E-state index is -3.56. The summed E-state index contributed by atoms with van der Waals surface area (Å²) in [7, 11) is -1.94. The number of sulfonamides is 1. The molecule has 11 heteroatoms. The molecule has 0 aliphatic carbocycles. The summed E-state index contributed by atoms with van der Waals surface area (Å²) < 4.78 is 32.3. The number of phenolic OH excluding ortho intramolecular Hbond substituents is 1. The number of hydrogen-bond acceptors (Lipinski definition) is 8. The molecule has 3 rings (SSSR count). The molecular weight excluding hydrogens is 470 g/mol. The van der Waals surface area contributed by atoms with Gasteiger partial charge in [0.15, 0.2) is 5.82 Å². The van der Waals surface area contributed by atoms with E-state index in [2.05, 4.69) is 20.1 Å². The maximum atomic E-state index is 11.5. The van der Waals surface area contributed by atoms with E-state index >= 15 is 0 Å². The summed E-state index contributed by atoms with van der Waals surface area (Å²) in [5.74, 6) is 2.02. The van der Waals surface area contributed by atoms with Crippen LogP contribution in [0.15, 0.2) is 42.5 Å². The average molecular weight is 504 g/mol. The lowest BCUT2D eigenvalue weighted by Crippen LogP contribution is -2.42. The van der Waals surface area contributed by atoms with Crippen LogP contribution in [0.3, 0.4) is 0 Å². The first kappa shape index (κ1) is 26.5. The van der Waals surface area contributed by atoms with Crippen molar-refractivity contribution in [2.24, 2.45) is 0 Å². The average Bonchev–Trinajstić information content (AvgIpc) is 3.17. The van der Waals surface area contributed by atoms with Crippen molar-refractivity contribution in [3.05, 3.63) is 53.9 Å². The SMILES string of the molecule is COc1ccc(-c2nc(C)n(CCC(C)(C)NCC(O)c3ccc(O)c(NS(C)(=O)=O)c3)n2)cc1. The Morgan fingerprint density at radius 3 is 2.49 bits per heavy atom. The van der Waals surface area contributed by atoms with E-state index in [1.54, 1.807) is 13.2 Å². The molecule has 0 aliphatic rings. The fraction of sp³-hybridized carbons (Fsp3) is 0.417. The molecule has 10 nitrogen and oxygen atoms in total. The maximum Gasteiger partial charge on any atom is 0.229 e. The van der Waals surface area contributed by atoms with Crippen molar-refractivity contribution < 1.29 is 23.4 Å². The first-order valence-corrected chi connectivity index (χ1v) is 13.1. The van der Waals surface area contributed by atoms with Crippen LogP contribution in [0.2, 0.25) is 0 Å². The number of hydrogen-bond donors (Lipinski definition) is 4. The second-order valence-electron chi connectivity index (χ2n) is 9.12. The number of phenols is 1. The summed E-state index contributed by atoms with van der Waals surface area (Å²) in [4.78, 5) is 4.57. The summed E-state index contributed by atoms with van der Waals surface area (Å²) in [6.45, 7) is 6.85. The van der Waals surface area contributed by atoms with Gasteiger partial charge in [0.25, 0.3) is 0 Å². The van der Waals surface area contributed by atoms with Gasteiger partial charge in [-0.1, -0.05) is 6.07 Å². The van der Waals surface area contributed by atoms with Crippen LogP contribution in [0.4, 0.5) is 5.69 Å². The molecule has 35 heavy (non-hydrogen) atoms. The zero-order chi connectivity index (χ0) is 25.8. The molecule has 1 aromatic heterocycles. The molecule has 0 fully saturated rings. The van der Waals surface area contributed by atoms with Crippen molar-refractivity contribution in [3.8, 4) is 22.9 Å². The standard InChI is InChI=1S/C24H33N5O5S/c1-16-26-23(17-6-9-19(34-4)10-7-17)27-29(16)13-12-24(2,3)25-15-22(31)18-8-11-21(30)20(14-18)28-35(5,32)33/h6-11,14,22,25,28,30-31H,12-13,15H2,1-5H3. The van der Waals surface area contributed by atoms with Crippen LogP contribution in [-0.2, 0) is 16.6 Å². The van der Waals surface area contributed by atoms with Crippen LogP contribution < -0.4 is 14.8 Å². The van der Waals surface area contributed by atoms with E-state index in [1.165, 1.54) is 12.1 Å². The van der Waals surface area contributed by atoms with Gasteiger partial charge in [-0.05, 0) is 69.2 Å². The summed E-state index contributed by atoms with van der Waals surface area (Å²) in [5.41, 5.74) is 1.09. The third-order valence-corrected chi connectivity index (χ3v) is 6.22. The van der Waals surface area contributed by atoms with Gasteiger partial charge in [-0.2, -0.15) is 5.10 Å². The van der Waals surface area contributed by atoms with Crippen LogP contribution in [-0.4, -0.2) is 58.8 Å². The van der Waals surface area contributed by atoms with Crippen molar-refractivity contribution in [3.63, 3.8) is 0 Å². The number of nitrogens with zero attached hydrogens (tertiary/aromatic N) is 3. The number of aromatic hydroxyl groups is 1. The van der Waals surface area contributed by atoms with Crippen molar-refractivity contribution in [2.75, 3.05) is 24.6 Å². The lowest BCUT2D eigenvalue weighted by Gasteiger charge is -2.28. The van der Waals surface area contributed by atoms with E-state index in [4.69, 9.17) is 4.74 Å². The molecule has 1 heterocycles. The lowest BCUT2D eigenvalue weighted by atomic mass is 9.99. The molecule has 2 aromatic carbocycles. The lowest BCUT2D eigenvalue weighted by molar-refractivity contribution is 0.158. The quantitative estimate of drug-likeness (QED) is 0.293. The van der Waals surface area contributed by atoms with E-state index < -0.39 is 16.1 Å². The Morgan fingerprint density at radius 2 is 1.86 bits per heavy atom. The van der Waals surface area contributed by atoms with Crippen LogP contribution in [0.1, 0.15) is 37.8 Å². The largest absolute Gasteiger partial charge is 0.506 e. The van der Waals surface area contributed by atoms with E-state index in [0.717, 1.165) is 29.8 Å². The number of aryl methyl sites for hydroxylation is 2. The minimum absolute atomic E-state index is 0.0256. The Labute approximate surface area is 206 Å². The highest BCUT2D eigenvalue weighted by Crippen LogP contribution is 2.28. The van der Waals surface area contributed by atoms with E-state index in [0.29, 0.717) is 17.9 Å². The number of methoxy groups -OCH3 is 1. The third-order valence-electron chi connectivity index (χ3n) is 5.63. The molecule has 4 N–H and O–H groups in total. The first-order chi connectivity index (χ1) is 16.4. The van der Waals surface area contributed by atoms with Crippen molar-refractivity contribution in [1.29, 1.82) is 0 Å². The Kier molecular flexibility index (Phi) is 8.04. The van der Waals surface area contributed by atoms with Crippen molar-refractivity contribution in [2.45, 2.75) is 45.4 Å². The summed E-state index contributed by atoms with van der Waals surface area (Å²) in [6.07, 6.45) is 0.823. The van der Waals surface area contributed by atoms with Gasteiger partial charge in [0.1, 0.15) is 17.3 Å². The number of rotatable bonds is 11. The Bertz CT molecular complexity index is 1260. The monoisotopic (exact) mass is 503 g/mol. The highest BCUT2D eigenvalue weighted by molar-refractivity contribution is 7.92. The van der Waals surface area contributed by atoms with Gasteiger partial charge in [0, 0.05) is 24.2 Å². The minimum Gasteiger partial charge on any atom is -0.506 e. The fourth-order valence-electron chi connectivity index (χ4n) is 3.50. The number of aliphatic hydroxyl groups is 1. The Morgan fingerprint density at radius 1 is 1.17 bits per heavy atom. The molecule has 0 saturated heterocycles. The first-order valence-electron chi connectivity index (χ1n) is 11.2. The second-order valence-corrected chi connectivity index (χ2v) is 10.9. The number of ether oxygens (including phenoxy) is 1.